The molecular formula is C15H19N3O5S. The van der Waals surface area contributed by atoms with Crippen LogP contribution in [0.4, 0.5) is 0 Å². The van der Waals surface area contributed by atoms with Crippen LogP contribution in [0.2, 0.25) is 0 Å². The number of sulfonamides is 1. The van der Waals surface area contributed by atoms with Gasteiger partial charge < -0.3 is 4.74 Å². The van der Waals surface area contributed by atoms with E-state index in [1.165, 1.54) is 4.31 Å². The van der Waals surface area contributed by atoms with E-state index in [0.29, 0.717) is 25.0 Å². The van der Waals surface area contributed by atoms with E-state index in [1.54, 1.807) is 24.5 Å². The molecule has 2 aliphatic heterocycles. The van der Waals surface area contributed by atoms with E-state index >= 15 is 0 Å². The zero-order valence-corrected chi connectivity index (χ0v) is 13.9. The molecule has 2 saturated heterocycles. The molecule has 2 amide bonds. The molecule has 0 bridgehead atoms. The fraction of sp³-hybridized carbons (Fsp3) is 0.533. The normalized spacial score (nSPS) is 20.1. The molecule has 0 N–H and O–H groups in total. The maximum atomic E-state index is 12.3. The van der Waals surface area contributed by atoms with Crippen molar-refractivity contribution in [2.75, 3.05) is 25.4 Å². The number of ether oxygens (including phenoxy) is 1. The van der Waals surface area contributed by atoms with Crippen molar-refractivity contribution in [3.05, 3.63) is 24.5 Å². The average Bonchev–Trinajstić information content (AvgIpc) is 2.51. The van der Waals surface area contributed by atoms with Crippen molar-refractivity contribution < 1.29 is 22.7 Å². The molecule has 0 aromatic carbocycles. The number of carbonyl (C=O) groups is 2. The van der Waals surface area contributed by atoms with E-state index < -0.39 is 10.0 Å². The molecule has 130 valence electrons. The van der Waals surface area contributed by atoms with E-state index in [4.69, 9.17) is 4.74 Å². The van der Waals surface area contributed by atoms with Crippen molar-refractivity contribution in [3.8, 4) is 5.75 Å². The lowest BCUT2D eigenvalue weighted by Crippen LogP contribution is -2.57. The molecule has 2 aliphatic rings. The predicted octanol–water partition coefficient (Wildman–Crippen LogP) is 0.0135. The number of nitrogens with zero attached hydrogens (tertiary/aromatic N) is 3. The maximum Gasteiger partial charge on any atom is 0.229 e. The standard InChI is InChI=1S/C15H19N3O5S/c19-14-4-1-5-15(20)18(14)7-8-24(21,22)17-10-13(11-17)23-12-3-2-6-16-9-12/h2-3,6,9,13H,1,4-5,7-8,10-11H2. The minimum absolute atomic E-state index is 0.0787. The van der Waals surface area contributed by atoms with Crippen LogP contribution < -0.4 is 4.74 Å². The molecule has 1 aromatic rings. The summed E-state index contributed by atoms with van der Waals surface area (Å²) in [7, 11) is -3.50. The molecular weight excluding hydrogens is 334 g/mol. The van der Waals surface area contributed by atoms with Gasteiger partial charge >= 0.3 is 0 Å². The first kappa shape index (κ1) is 16.8. The third kappa shape index (κ3) is 3.73. The smallest absolute Gasteiger partial charge is 0.229 e. The zero-order chi connectivity index (χ0) is 17.2. The summed E-state index contributed by atoms with van der Waals surface area (Å²) in [5.41, 5.74) is 0. The molecule has 3 heterocycles. The molecule has 0 atom stereocenters. The lowest BCUT2D eigenvalue weighted by molar-refractivity contribution is -0.147. The number of likely N-dealkylation sites (tertiary alicyclic amines) is 1. The van der Waals surface area contributed by atoms with Crippen molar-refractivity contribution in [1.82, 2.24) is 14.2 Å². The lowest BCUT2D eigenvalue weighted by atomic mass is 10.1. The Labute approximate surface area is 140 Å². The number of amides is 2. The highest BCUT2D eigenvalue weighted by Gasteiger charge is 2.38. The fourth-order valence-corrected chi connectivity index (χ4v) is 4.15. The number of aromatic nitrogens is 1. The fourth-order valence-electron chi connectivity index (χ4n) is 2.70. The molecule has 8 nitrogen and oxygen atoms in total. The van der Waals surface area contributed by atoms with Gasteiger partial charge in [-0.15, -0.1) is 0 Å². The van der Waals surface area contributed by atoms with Gasteiger partial charge in [-0.3, -0.25) is 19.5 Å². The van der Waals surface area contributed by atoms with E-state index in [-0.39, 0.29) is 43.3 Å². The molecule has 0 radical (unpaired) electrons. The summed E-state index contributed by atoms with van der Waals surface area (Å²) >= 11 is 0. The van der Waals surface area contributed by atoms with Gasteiger partial charge in [0.05, 0.1) is 25.0 Å². The van der Waals surface area contributed by atoms with Crippen molar-refractivity contribution >= 4 is 21.8 Å². The Morgan fingerprint density at radius 2 is 1.92 bits per heavy atom. The molecule has 1 aromatic heterocycles. The van der Waals surface area contributed by atoms with Gasteiger partial charge in [0.15, 0.2) is 0 Å². The molecule has 24 heavy (non-hydrogen) atoms. The predicted molar refractivity (Wildman–Crippen MR) is 84.6 cm³/mol. The highest BCUT2D eigenvalue weighted by atomic mass is 32.2. The summed E-state index contributed by atoms with van der Waals surface area (Å²) in [4.78, 5) is 28.4. The van der Waals surface area contributed by atoms with Gasteiger partial charge in [-0.05, 0) is 18.6 Å². The van der Waals surface area contributed by atoms with Crippen LogP contribution in [-0.2, 0) is 19.6 Å². The molecule has 0 unspecified atom stereocenters. The summed E-state index contributed by atoms with van der Waals surface area (Å²) < 4.78 is 31.5. The van der Waals surface area contributed by atoms with E-state index in [2.05, 4.69) is 4.98 Å². The third-order valence-corrected chi connectivity index (χ3v) is 5.88. The first-order valence-corrected chi connectivity index (χ1v) is 9.44. The summed E-state index contributed by atoms with van der Waals surface area (Å²) in [6, 6.07) is 3.51. The van der Waals surface area contributed by atoms with Crippen LogP contribution in [0, 0.1) is 0 Å². The van der Waals surface area contributed by atoms with E-state index in [9.17, 15) is 18.0 Å². The van der Waals surface area contributed by atoms with Crippen molar-refractivity contribution in [3.63, 3.8) is 0 Å². The van der Waals surface area contributed by atoms with Gasteiger partial charge in [0, 0.05) is 25.6 Å². The number of imide groups is 1. The lowest BCUT2D eigenvalue weighted by Gasteiger charge is -2.38. The quantitative estimate of drug-likeness (QED) is 0.669. The summed E-state index contributed by atoms with van der Waals surface area (Å²) in [6.07, 6.45) is 4.15. The Balaban J connectivity index is 1.48. The Morgan fingerprint density at radius 3 is 2.54 bits per heavy atom. The van der Waals surface area contributed by atoms with Crippen LogP contribution in [0.15, 0.2) is 24.5 Å². The number of rotatable bonds is 6. The summed E-state index contributed by atoms with van der Waals surface area (Å²) in [5.74, 6) is -0.223. The maximum absolute atomic E-state index is 12.3. The number of piperidine rings is 1. The van der Waals surface area contributed by atoms with Crippen molar-refractivity contribution in [2.45, 2.75) is 25.4 Å². The van der Waals surface area contributed by atoms with Crippen molar-refractivity contribution in [2.24, 2.45) is 0 Å². The number of hydrogen-bond acceptors (Lipinski definition) is 6. The second kappa shape index (κ2) is 6.86. The SMILES string of the molecule is O=C1CCCC(=O)N1CCS(=O)(=O)N1CC(Oc2cccnc2)C1. The minimum Gasteiger partial charge on any atom is -0.486 e. The molecule has 2 fully saturated rings. The van der Waals surface area contributed by atoms with Crippen LogP contribution in [0.5, 0.6) is 5.75 Å². The van der Waals surface area contributed by atoms with Crippen LogP contribution in [0.25, 0.3) is 0 Å². The first-order chi connectivity index (χ1) is 11.5. The Morgan fingerprint density at radius 1 is 1.21 bits per heavy atom. The Kier molecular flexibility index (Phi) is 4.81. The monoisotopic (exact) mass is 353 g/mol. The van der Waals surface area contributed by atoms with Crippen LogP contribution in [0.3, 0.4) is 0 Å². The highest BCUT2D eigenvalue weighted by molar-refractivity contribution is 7.89. The zero-order valence-electron chi connectivity index (χ0n) is 13.1. The van der Waals surface area contributed by atoms with Gasteiger partial charge in [0.1, 0.15) is 11.9 Å². The van der Waals surface area contributed by atoms with Crippen LogP contribution in [0.1, 0.15) is 19.3 Å². The van der Waals surface area contributed by atoms with Gasteiger partial charge in [0.2, 0.25) is 21.8 Å². The Bertz CT molecular complexity index is 700. The summed E-state index contributed by atoms with van der Waals surface area (Å²) in [6.45, 7) is 0.447. The minimum atomic E-state index is -3.50. The molecule has 0 aliphatic carbocycles. The van der Waals surface area contributed by atoms with Crippen LogP contribution in [-0.4, -0.2) is 65.9 Å². The van der Waals surface area contributed by atoms with Gasteiger partial charge in [-0.2, -0.15) is 4.31 Å². The first-order valence-electron chi connectivity index (χ1n) is 7.83. The highest BCUT2D eigenvalue weighted by Crippen LogP contribution is 2.20. The van der Waals surface area contributed by atoms with Gasteiger partial charge in [0.25, 0.3) is 0 Å². The number of carbonyl (C=O) groups excluding carboxylic acids is 2. The van der Waals surface area contributed by atoms with E-state index in [1.807, 2.05) is 0 Å². The van der Waals surface area contributed by atoms with Crippen molar-refractivity contribution in [1.29, 1.82) is 0 Å². The second-order valence-electron chi connectivity index (χ2n) is 5.85. The molecule has 0 saturated carbocycles. The number of hydrogen-bond donors (Lipinski definition) is 0. The van der Waals surface area contributed by atoms with E-state index in [0.717, 1.165) is 4.90 Å². The number of pyridine rings is 1. The molecule has 0 spiro atoms. The second-order valence-corrected chi connectivity index (χ2v) is 7.94. The average molecular weight is 353 g/mol. The van der Waals surface area contributed by atoms with Gasteiger partial charge in [-0.1, -0.05) is 0 Å². The topological polar surface area (TPSA) is 96.9 Å². The molecule has 3 rings (SSSR count). The largest absolute Gasteiger partial charge is 0.486 e. The summed E-state index contributed by atoms with van der Waals surface area (Å²) in [5, 5.41) is 0. The van der Waals surface area contributed by atoms with Gasteiger partial charge in [-0.25, -0.2) is 8.42 Å². The van der Waals surface area contributed by atoms with Crippen LogP contribution >= 0.6 is 0 Å². The molecule has 9 heteroatoms. The Hall–Kier alpha value is -2.00. The third-order valence-electron chi connectivity index (χ3n) is 4.10.